The molecule has 3 aromatic rings. The second-order valence-electron chi connectivity index (χ2n) is 8.54. The van der Waals surface area contributed by atoms with Crippen LogP contribution in [0.25, 0.3) is 5.83 Å². The van der Waals surface area contributed by atoms with Crippen LogP contribution in [0.4, 0.5) is 15.9 Å². The van der Waals surface area contributed by atoms with Crippen LogP contribution >= 0.6 is 23.2 Å². The number of nitrogen functional groups attached to an aromatic ring is 1. The highest BCUT2D eigenvalue weighted by Crippen LogP contribution is 2.33. The lowest BCUT2D eigenvalue weighted by Gasteiger charge is -2.28. The molecule has 1 atom stereocenters. The number of nitrogens with one attached hydrogen (secondary N) is 2. The van der Waals surface area contributed by atoms with Crippen LogP contribution in [0.1, 0.15) is 29.7 Å². The maximum atomic E-state index is 15.0. The summed E-state index contributed by atoms with van der Waals surface area (Å²) in [5, 5.41) is 9.16. The summed E-state index contributed by atoms with van der Waals surface area (Å²) in [7, 11) is -2.51. The summed E-state index contributed by atoms with van der Waals surface area (Å²) >= 11 is 12.4. The zero-order valence-corrected chi connectivity index (χ0v) is 22.2. The van der Waals surface area contributed by atoms with Crippen LogP contribution in [-0.2, 0) is 9.73 Å². The Morgan fingerprint density at radius 1 is 1.19 bits per heavy atom. The molecule has 1 aliphatic heterocycles. The molecule has 0 saturated carbocycles. The molecule has 0 spiro atoms. The third-order valence-electron chi connectivity index (χ3n) is 5.93. The van der Waals surface area contributed by atoms with Gasteiger partial charge in [0.15, 0.2) is 0 Å². The van der Waals surface area contributed by atoms with Gasteiger partial charge in [-0.3, -0.25) is 9.76 Å². The van der Waals surface area contributed by atoms with Crippen molar-refractivity contribution in [1.29, 1.82) is 10.2 Å². The average molecular weight is 563 g/mol. The Kier molecular flexibility index (Phi) is 8.01. The molecule has 4 N–H and O–H groups in total. The molecular weight excluding hydrogens is 538 g/mol. The number of nitrogens with two attached hydrogens (primary N) is 1. The topological polar surface area (TPSA) is 129 Å². The molecule has 1 unspecified atom stereocenters. The van der Waals surface area contributed by atoms with Gasteiger partial charge in [0, 0.05) is 81.4 Å². The number of ether oxygens (including phenoxy) is 1. The summed E-state index contributed by atoms with van der Waals surface area (Å²) in [6, 6.07) is 8.03. The SMILES string of the molecule is CC(Oc1ccc(N)c(C(=N)/C=C(\F)c2ccc(N3CCS(=N)(=O)CC3)nc2)c1)c1c(Cl)cncc1Cl. The first kappa shape index (κ1) is 26.8. The van der Waals surface area contributed by atoms with Crippen molar-refractivity contribution >= 4 is 56.0 Å². The zero-order valence-electron chi connectivity index (χ0n) is 19.9. The Bertz CT molecular complexity index is 1430. The van der Waals surface area contributed by atoms with Gasteiger partial charge in [-0.2, -0.15) is 0 Å². The number of allylic oxidation sites excluding steroid dienone is 1. The standard InChI is InChI=1S/C25H25Cl2FN6O2S/c1-15(25-19(26)13-32-14-20(25)27)36-17-3-4-22(29)18(10-17)23(30)11-21(28)16-2-5-24(33-12-16)34-6-8-37(31,35)9-7-34/h2-5,10-15,30-31H,6-9,29H2,1H3/b21-11-,30-23?. The molecule has 0 bridgehead atoms. The third kappa shape index (κ3) is 6.38. The Morgan fingerprint density at radius 2 is 1.86 bits per heavy atom. The van der Waals surface area contributed by atoms with Crippen molar-refractivity contribution in [3.05, 3.63) is 81.7 Å². The molecule has 1 fully saturated rings. The molecule has 1 aromatic carbocycles. The van der Waals surface area contributed by atoms with E-state index in [2.05, 4.69) is 9.97 Å². The quantitative estimate of drug-likeness (QED) is 0.248. The lowest BCUT2D eigenvalue weighted by Crippen LogP contribution is -2.40. The van der Waals surface area contributed by atoms with Crippen molar-refractivity contribution in [3.63, 3.8) is 0 Å². The lowest BCUT2D eigenvalue weighted by atomic mass is 10.1. The Balaban J connectivity index is 1.49. The van der Waals surface area contributed by atoms with Crippen molar-refractivity contribution in [1.82, 2.24) is 9.97 Å². The second kappa shape index (κ2) is 11.0. The fraction of sp³-hybridized carbons (Fsp3) is 0.240. The van der Waals surface area contributed by atoms with E-state index in [0.717, 1.165) is 6.08 Å². The smallest absolute Gasteiger partial charge is 0.134 e. The number of benzene rings is 1. The third-order valence-corrected chi connectivity index (χ3v) is 8.21. The zero-order chi connectivity index (χ0) is 26.7. The molecular formula is C25H25Cl2FN6O2S. The minimum Gasteiger partial charge on any atom is -0.486 e. The normalized spacial score (nSPS) is 16.3. The molecule has 0 radical (unpaired) electrons. The van der Waals surface area contributed by atoms with Crippen LogP contribution in [0.3, 0.4) is 0 Å². The van der Waals surface area contributed by atoms with Gasteiger partial charge >= 0.3 is 0 Å². The highest BCUT2D eigenvalue weighted by atomic mass is 35.5. The van der Waals surface area contributed by atoms with Crippen molar-refractivity contribution in [3.8, 4) is 5.75 Å². The molecule has 0 amide bonds. The van der Waals surface area contributed by atoms with Gasteiger partial charge in [0.05, 0.1) is 15.8 Å². The van der Waals surface area contributed by atoms with Crippen LogP contribution in [0.2, 0.25) is 10.0 Å². The maximum Gasteiger partial charge on any atom is 0.134 e. The first-order chi connectivity index (χ1) is 17.5. The number of aromatic nitrogens is 2. The van der Waals surface area contributed by atoms with E-state index < -0.39 is 21.7 Å². The summed E-state index contributed by atoms with van der Waals surface area (Å²) < 4.78 is 40.5. The second-order valence-corrected chi connectivity index (χ2v) is 11.8. The van der Waals surface area contributed by atoms with Gasteiger partial charge in [0.25, 0.3) is 0 Å². The maximum absolute atomic E-state index is 15.0. The van der Waals surface area contributed by atoms with Crippen LogP contribution in [0.15, 0.2) is 55.0 Å². The average Bonchev–Trinajstić information content (AvgIpc) is 2.85. The molecule has 0 aliphatic carbocycles. The fourth-order valence-electron chi connectivity index (χ4n) is 3.88. The van der Waals surface area contributed by atoms with E-state index in [-0.39, 0.29) is 22.8 Å². The van der Waals surface area contributed by atoms with E-state index in [0.29, 0.717) is 51.5 Å². The summed E-state index contributed by atoms with van der Waals surface area (Å²) in [6.07, 6.45) is 4.89. The van der Waals surface area contributed by atoms with Gasteiger partial charge in [0.1, 0.15) is 23.5 Å². The lowest BCUT2D eigenvalue weighted by molar-refractivity contribution is 0.227. The number of hydrogen-bond acceptors (Lipinski definition) is 8. The Morgan fingerprint density at radius 3 is 2.49 bits per heavy atom. The first-order valence-corrected chi connectivity index (χ1v) is 14.0. The minimum absolute atomic E-state index is 0.140. The Hall–Kier alpha value is -3.21. The molecule has 37 heavy (non-hydrogen) atoms. The molecule has 3 heterocycles. The van der Waals surface area contributed by atoms with Crippen LogP contribution in [0.5, 0.6) is 5.75 Å². The van der Waals surface area contributed by atoms with Crippen LogP contribution in [0, 0.1) is 10.2 Å². The Labute approximate surface area is 224 Å². The van der Waals surface area contributed by atoms with E-state index in [4.69, 9.17) is 43.9 Å². The number of halogens is 3. The van der Waals surface area contributed by atoms with E-state index in [1.165, 1.54) is 18.6 Å². The highest BCUT2D eigenvalue weighted by molar-refractivity contribution is 7.92. The fourth-order valence-corrected chi connectivity index (χ4v) is 5.78. The summed E-state index contributed by atoms with van der Waals surface area (Å²) in [5.41, 5.74) is 7.29. The summed E-state index contributed by atoms with van der Waals surface area (Å²) in [4.78, 5) is 10.2. The molecule has 1 aliphatic rings. The highest BCUT2D eigenvalue weighted by Gasteiger charge is 2.20. The van der Waals surface area contributed by atoms with Crippen molar-refractivity contribution in [2.75, 3.05) is 35.2 Å². The van der Waals surface area contributed by atoms with E-state index >= 15 is 0 Å². The monoisotopic (exact) mass is 562 g/mol. The summed E-state index contributed by atoms with van der Waals surface area (Å²) in [5.74, 6) is 0.954. The molecule has 12 heteroatoms. The molecule has 4 rings (SSSR count). The van der Waals surface area contributed by atoms with Gasteiger partial charge in [-0.05, 0) is 37.3 Å². The van der Waals surface area contributed by atoms with E-state index in [9.17, 15) is 8.60 Å². The molecule has 194 valence electrons. The molecule has 8 nitrogen and oxygen atoms in total. The number of pyridine rings is 2. The van der Waals surface area contributed by atoms with Crippen LogP contribution in [-0.4, -0.2) is 44.5 Å². The summed E-state index contributed by atoms with van der Waals surface area (Å²) in [6.45, 7) is 2.71. The van der Waals surface area contributed by atoms with E-state index in [1.54, 1.807) is 37.3 Å². The number of rotatable bonds is 7. The molecule has 1 saturated heterocycles. The van der Waals surface area contributed by atoms with Crippen molar-refractivity contribution in [2.24, 2.45) is 0 Å². The number of hydrogen-bond donors (Lipinski definition) is 3. The van der Waals surface area contributed by atoms with Gasteiger partial charge in [-0.1, -0.05) is 23.2 Å². The van der Waals surface area contributed by atoms with Gasteiger partial charge < -0.3 is 20.8 Å². The predicted octanol–water partition coefficient (Wildman–Crippen LogP) is 5.75. The van der Waals surface area contributed by atoms with Crippen LogP contribution < -0.4 is 15.4 Å². The number of anilines is 2. The number of nitrogens with zero attached hydrogens (tertiary/aromatic N) is 3. The first-order valence-electron chi connectivity index (χ1n) is 11.3. The van der Waals surface area contributed by atoms with Crippen molar-refractivity contribution < 1.29 is 13.3 Å². The van der Waals surface area contributed by atoms with E-state index in [1.807, 2.05) is 4.90 Å². The largest absolute Gasteiger partial charge is 0.486 e. The van der Waals surface area contributed by atoms with Gasteiger partial charge in [-0.15, -0.1) is 0 Å². The molecule has 2 aromatic heterocycles. The van der Waals surface area contributed by atoms with Gasteiger partial charge in [-0.25, -0.2) is 13.6 Å². The van der Waals surface area contributed by atoms with Crippen molar-refractivity contribution in [2.45, 2.75) is 13.0 Å². The minimum atomic E-state index is -2.51. The predicted molar refractivity (Wildman–Crippen MR) is 147 cm³/mol. The van der Waals surface area contributed by atoms with Gasteiger partial charge in [0.2, 0.25) is 0 Å².